The summed E-state index contributed by atoms with van der Waals surface area (Å²) in [6, 6.07) is 4.81. The molecule has 2 atom stereocenters. The van der Waals surface area contributed by atoms with Gasteiger partial charge in [0.1, 0.15) is 6.10 Å². The van der Waals surface area contributed by atoms with E-state index in [1.807, 2.05) is 0 Å². The number of benzene rings is 1. The minimum absolute atomic E-state index is 0.0254. The van der Waals surface area contributed by atoms with Crippen LogP contribution in [0, 0.1) is 0 Å². The zero-order chi connectivity index (χ0) is 15.5. The summed E-state index contributed by atoms with van der Waals surface area (Å²) in [7, 11) is -3.32. The van der Waals surface area contributed by atoms with Gasteiger partial charge in [0, 0.05) is 13.1 Å². The molecule has 0 saturated carbocycles. The summed E-state index contributed by atoms with van der Waals surface area (Å²) in [6.45, 7) is 3.25. The first-order valence-corrected chi connectivity index (χ1v) is 9.11. The molecule has 1 aromatic rings. The van der Waals surface area contributed by atoms with Crippen LogP contribution in [0.3, 0.4) is 0 Å². The van der Waals surface area contributed by atoms with Crippen LogP contribution >= 0.6 is 23.2 Å². The third-order valence-corrected chi connectivity index (χ3v) is 5.45. The highest BCUT2D eigenvalue weighted by atomic mass is 35.5. The van der Waals surface area contributed by atoms with Crippen molar-refractivity contribution in [3.8, 4) is 0 Å². The molecular formula is C13H18Cl2N2O3S. The maximum Gasteiger partial charge on any atom is 0.211 e. The topological polar surface area (TPSA) is 67.4 Å². The molecule has 1 aromatic carbocycles. The van der Waals surface area contributed by atoms with Gasteiger partial charge in [0.2, 0.25) is 10.0 Å². The summed E-state index contributed by atoms with van der Waals surface area (Å²) in [5, 5.41) is 4.04. The Kier molecular flexibility index (Phi) is 5.88. The van der Waals surface area contributed by atoms with E-state index in [0.717, 1.165) is 5.56 Å². The molecule has 1 heterocycles. The van der Waals surface area contributed by atoms with Gasteiger partial charge in [0.05, 0.1) is 28.4 Å². The fraction of sp³-hybridized carbons (Fsp3) is 0.538. The molecule has 21 heavy (non-hydrogen) atoms. The van der Waals surface area contributed by atoms with E-state index in [9.17, 15) is 8.42 Å². The fourth-order valence-corrected chi connectivity index (χ4v) is 3.32. The Morgan fingerprint density at radius 1 is 1.38 bits per heavy atom. The molecule has 2 N–H and O–H groups in total. The molecular weight excluding hydrogens is 335 g/mol. The molecule has 0 aromatic heterocycles. The monoisotopic (exact) mass is 352 g/mol. The molecule has 0 bridgehead atoms. The summed E-state index contributed by atoms with van der Waals surface area (Å²) in [5.41, 5.74) is 0.803. The second-order valence-electron chi connectivity index (χ2n) is 4.80. The van der Waals surface area contributed by atoms with Crippen LogP contribution < -0.4 is 10.0 Å². The van der Waals surface area contributed by atoms with Crippen molar-refractivity contribution in [3.05, 3.63) is 33.8 Å². The standard InChI is InChI=1S/C13H18Cl2N2O3S/c1-2-21(18,19)17-12-8-16-5-6-20-13(12)9-3-4-10(14)11(15)7-9/h3-4,7,12-13,16-17H,2,5-6,8H2,1H3. The normalized spacial score (nSPS) is 23.8. The fourth-order valence-electron chi connectivity index (χ4n) is 2.17. The lowest BCUT2D eigenvalue weighted by Gasteiger charge is -2.26. The van der Waals surface area contributed by atoms with Crippen LogP contribution in [0.2, 0.25) is 10.0 Å². The van der Waals surface area contributed by atoms with Gasteiger partial charge in [-0.3, -0.25) is 0 Å². The zero-order valence-corrected chi connectivity index (χ0v) is 13.9. The van der Waals surface area contributed by atoms with Crippen LogP contribution in [0.1, 0.15) is 18.6 Å². The Morgan fingerprint density at radius 3 is 2.81 bits per heavy atom. The van der Waals surface area contributed by atoms with E-state index in [-0.39, 0.29) is 5.75 Å². The summed E-state index contributed by atoms with van der Waals surface area (Å²) >= 11 is 12.0. The number of nitrogens with one attached hydrogen (secondary N) is 2. The summed E-state index contributed by atoms with van der Waals surface area (Å²) < 4.78 is 32.1. The molecule has 0 aliphatic carbocycles. The molecule has 0 radical (unpaired) electrons. The van der Waals surface area contributed by atoms with Gasteiger partial charge in [-0.2, -0.15) is 0 Å². The highest BCUT2D eigenvalue weighted by Crippen LogP contribution is 2.29. The molecule has 0 spiro atoms. The number of hydrogen-bond acceptors (Lipinski definition) is 4. The number of hydrogen-bond donors (Lipinski definition) is 2. The van der Waals surface area contributed by atoms with Crippen LogP contribution in [0.4, 0.5) is 0 Å². The maximum absolute atomic E-state index is 11.8. The first kappa shape index (κ1) is 17.0. The van der Waals surface area contributed by atoms with Gasteiger partial charge in [-0.15, -0.1) is 0 Å². The Labute approximate surface area is 135 Å². The smallest absolute Gasteiger partial charge is 0.211 e. The molecule has 2 rings (SSSR count). The van der Waals surface area contributed by atoms with Gasteiger partial charge in [-0.05, 0) is 24.6 Å². The molecule has 8 heteroatoms. The van der Waals surface area contributed by atoms with Crippen LogP contribution in [0.25, 0.3) is 0 Å². The van der Waals surface area contributed by atoms with Crippen molar-refractivity contribution in [1.29, 1.82) is 0 Å². The predicted octanol–water partition coefficient (Wildman–Crippen LogP) is 1.96. The van der Waals surface area contributed by atoms with Crippen LogP contribution in [0.5, 0.6) is 0 Å². The molecule has 1 saturated heterocycles. The van der Waals surface area contributed by atoms with Gasteiger partial charge in [0.15, 0.2) is 0 Å². The summed E-state index contributed by atoms with van der Waals surface area (Å²) in [4.78, 5) is 0. The summed E-state index contributed by atoms with van der Waals surface area (Å²) in [6.07, 6.45) is -0.406. The van der Waals surface area contributed by atoms with Crippen molar-refractivity contribution in [1.82, 2.24) is 10.0 Å². The van der Waals surface area contributed by atoms with E-state index in [4.69, 9.17) is 27.9 Å². The molecule has 0 amide bonds. The zero-order valence-electron chi connectivity index (χ0n) is 11.6. The van der Waals surface area contributed by atoms with Gasteiger partial charge < -0.3 is 10.1 Å². The van der Waals surface area contributed by atoms with Gasteiger partial charge >= 0.3 is 0 Å². The number of halogens is 2. The van der Waals surface area contributed by atoms with Crippen LogP contribution in [0.15, 0.2) is 18.2 Å². The maximum atomic E-state index is 11.8. The van der Waals surface area contributed by atoms with E-state index in [1.165, 1.54) is 0 Å². The highest BCUT2D eigenvalue weighted by Gasteiger charge is 2.29. The second kappa shape index (κ2) is 7.26. The number of rotatable bonds is 4. The molecule has 1 aliphatic heterocycles. The van der Waals surface area contributed by atoms with Crippen molar-refractivity contribution >= 4 is 33.2 Å². The Hall–Kier alpha value is -0.370. The average Bonchev–Trinajstić information content (AvgIpc) is 2.67. The first-order chi connectivity index (χ1) is 9.93. The number of sulfonamides is 1. The van der Waals surface area contributed by atoms with Crippen LogP contribution in [-0.2, 0) is 14.8 Å². The highest BCUT2D eigenvalue weighted by molar-refractivity contribution is 7.89. The van der Waals surface area contributed by atoms with Gasteiger partial charge in [-0.25, -0.2) is 13.1 Å². The Balaban J connectivity index is 2.28. The molecule has 5 nitrogen and oxygen atoms in total. The summed E-state index contributed by atoms with van der Waals surface area (Å²) in [5.74, 6) is 0.0254. The SMILES string of the molecule is CCS(=O)(=O)NC1CNCCOC1c1ccc(Cl)c(Cl)c1. The largest absolute Gasteiger partial charge is 0.370 e. The molecule has 1 aliphatic rings. The Morgan fingerprint density at radius 2 is 2.14 bits per heavy atom. The average molecular weight is 353 g/mol. The minimum Gasteiger partial charge on any atom is -0.370 e. The molecule has 2 unspecified atom stereocenters. The van der Waals surface area contributed by atoms with Gasteiger partial charge in [-0.1, -0.05) is 29.3 Å². The van der Waals surface area contributed by atoms with E-state index < -0.39 is 22.2 Å². The lowest BCUT2D eigenvalue weighted by atomic mass is 10.0. The Bertz CT molecular complexity index is 595. The second-order valence-corrected chi connectivity index (χ2v) is 7.65. The van der Waals surface area contributed by atoms with Crippen molar-refractivity contribution in [3.63, 3.8) is 0 Å². The van der Waals surface area contributed by atoms with Crippen molar-refractivity contribution in [2.45, 2.75) is 19.1 Å². The predicted molar refractivity (Wildman–Crippen MR) is 84.4 cm³/mol. The van der Waals surface area contributed by atoms with Gasteiger partial charge in [0.25, 0.3) is 0 Å². The van der Waals surface area contributed by atoms with E-state index in [1.54, 1.807) is 25.1 Å². The van der Waals surface area contributed by atoms with Crippen molar-refractivity contribution < 1.29 is 13.2 Å². The molecule has 118 valence electrons. The van der Waals surface area contributed by atoms with E-state index >= 15 is 0 Å². The number of ether oxygens (including phenoxy) is 1. The van der Waals surface area contributed by atoms with E-state index in [0.29, 0.717) is 29.7 Å². The minimum atomic E-state index is -3.32. The third-order valence-electron chi connectivity index (χ3n) is 3.29. The first-order valence-electron chi connectivity index (χ1n) is 6.70. The quantitative estimate of drug-likeness (QED) is 0.869. The lowest BCUT2D eigenvalue weighted by molar-refractivity contribution is 0.0493. The van der Waals surface area contributed by atoms with Crippen molar-refractivity contribution in [2.24, 2.45) is 0 Å². The van der Waals surface area contributed by atoms with Crippen molar-refractivity contribution in [2.75, 3.05) is 25.4 Å². The van der Waals surface area contributed by atoms with E-state index in [2.05, 4.69) is 10.0 Å². The van der Waals surface area contributed by atoms with Crippen LogP contribution in [-0.4, -0.2) is 39.9 Å². The lowest BCUT2D eigenvalue weighted by Crippen LogP contribution is -2.45. The third kappa shape index (κ3) is 4.55. The molecule has 1 fully saturated rings.